The highest BCUT2D eigenvalue weighted by molar-refractivity contribution is 5.86. The first-order valence-electron chi connectivity index (χ1n) is 9.94. The number of aromatic nitrogens is 1. The van der Waals surface area contributed by atoms with Crippen molar-refractivity contribution in [1.82, 2.24) is 0 Å². The van der Waals surface area contributed by atoms with E-state index in [1.807, 2.05) is 66.3 Å². The summed E-state index contributed by atoms with van der Waals surface area (Å²) in [5.74, 6) is 0.389. The van der Waals surface area contributed by atoms with Crippen LogP contribution >= 0.6 is 0 Å². The Morgan fingerprint density at radius 2 is 1.75 bits per heavy atom. The average Bonchev–Trinajstić information content (AvgIpc) is 2.73. The van der Waals surface area contributed by atoms with Crippen molar-refractivity contribution >= 4 is 16.7 Å². The number of carbonyl (C=O) groups is 1. The molecule has 0 unspecified atom stereocenters. The molecular formula is C24H28NO3+. The molecule has 0 saturated carbocycles. The normalized spacial score (nSPS) is 11.9. The predicted octanol–water partition coefficient (Wildman–Crippen LogP) is 4.65. The SMILES string of the molecule is CCCCOc1ccc2cc([C@H](C)C(=O)OCC[n+]3ccccc3)ccc2c1. The lowest BCUT2D eigenvalue weighted by molar-refractivity contribution is -0.697. The van der Waals surface area contributed by atoms with Crippen molar-refractivity contribution in [3.63, 3.8) is 0 Å². The van der Waals surface area contributed by atoms with Crippen LogP contribution in [0, 0.1) is 0 Å². The molecule has 0 N–H and O–H groups in total. The van der Waals surface area contributed by atoms with Gasteiger partial charge in [-0.1, -0.05) is 43.7 Å². The Bertz CT molecular complexity index is 908. The molecule has 0 saturated heterocycles. The van der Waals surface area contributed by atoms with Crippen LogP contribution in [0.5, 0.6) is 5.75 Å². The highest BCUT2D eigenvalue weighted by atomic mass is 16.5. The summed E-state index contributed by atoms with van der Waals surface area (Å²) < 4.78 is 13.2. The molecule has 3 rings (SSSR count). The summed E-state index contributed by atoms with van der Waals surface area (Å²) in [7, 11) is 0. The van der Waals surface area contributed by atoms with Crippen molar-refractivity contribution < 1.29 is 18.8 Å². The maximum Gasteiger partial charge on any atom is 0.313 e. The van der Waals surface area contributed by atoms with E-state index in [-0.39, 0.29) is 11.9 Å². The standard InChI is InChI=1S/C24H28NO3/c1-3-4-15-27-23-11-10-21-17-20(8-9-22(21)18-23)19(2)24(26)28-16-14-25-12-6-5-7-13-25/h5-13,17-19H,3-4,14-16H2,1-2H3/q+1/t19-/m0/s1. The van der Waals surface area contributed by atoms with Crippen LogP contribution in [0.25, 0.3) is 10.8 Å². The third-order valence-electron chi connectivity index (χ3n) is 4.83. The summed E-state index contributed by atoms with van der Waals surface area (Å²) in [6.45, 7) is 5.80. The summed E-state index contributed by atoms with van der Waals surface area (Å²) in [5.41, 5.74) is 0.963. The van der Waals surface area contributed by atoms with Crippen molar-refractivity contribution in [3.05, 3.63) is 72.6 Å². The van der Waals surface area contributed by atoms with Gasteiger partial charge in [-0.2, -0.15) is 0 Å². The zero-order valence-electron chi connectivity index (χ0n) is 16.6. The first-order valence-corrected chi connectivity index (χ1v) is 9.94. The van der Waals surface area contributed by atoms with Gasteiger partial charge in [0.25, 0.3) is 0 Å². The zero-order valence-corrected chi connectivity index (χ0v) is 16.6. The van der Waals surface area contributed by atoms with Crippen LogP contribution in [0.4, 0.5) is 0 Å². The second-order valence-corrected chi connectivity index (χ2v) is 6.97. The van der Waals surface area contributed by atoms with E-state index in [0.717, 1.165) is 41.5 Å². The maximum absolute atomic E-state index is 12.4. The Morgan fingerprint density at radius 3 is 2.54 bits per heavy atom. The van der Waals surface area contributed by atoms with Gasteiger partial charge < -0.3 is 9.47 Å². The monoisotopic (exact) mass is 378 g/mol. The van der Waals surface area contributed by atoms with Crippen molar-refractivity contribution in [2.45, 2.75) is 39.2 Å². The summed E-state index contributed by atoms with van der Waals surface area (Å²) in [4.78, 5) is 12.4. The molecule has 0 spiro atoms. The van der Waals surface area contributed by atoms with Gasteiger partial charge >= 0.3 is 5.97 Å². The fourth-order valence-electron chi connectivity index (χ4n) is 3.03. The van der Waals surface area contributed by atoms with E-state index in [1.54, 1.807) is 0 Å². The number of nitrogens with zero attached hydrogens (tertiary/aromatic N) is 1. The molecule has 0 aliphatic heterocycles. The molecule has 0 bridgehead atoms. The highest BCUT2D eigenvalue weighted by Crippen LogP contribution is 2.26. The van der Waals surface area contributed by atoms with Gasteiger partial charge in [0.15, 0.2) is 25.5 Å². The van der Waals surface area contributed by atoms with E-state index < -0.39 is 0 Å². The Labute approximate surface area is 166 Å². The second kappa shape index (κ2) is 9.88. The van der Waals surface area contributed by atoms with Crippen LogP contribution in [0.1, 0.15) is 38.2 Å². The van der Waals surface area contributed by atoms with Crippen LogP contribution in [0.2, 0.25) is 0 Å². The van der Waals surface area contributed by atoms with Gasteiger partial charge in [0.05, 0.1) is 12.5 Å². The number of benzene rings is 2. The Kier molecular flexibility index (Phi) is 7.01. The molecule has 1 aromatic heterocycles. The largest absolute Gasteiger partial charge is 0.494 e. The van der Waals surface area contributed by atoms with Crippen molar-refractivity contribution in [2.24, 2.45) is 0 Å². The van der Waals surface area contributed by atoms with E-state index in [9.17, 15) is 4.79 Å². The molecule has 4 heteroatoms. The van der Waals surface area contributed by atoms with Crippen LogP contribution < -0.4 is 9.30 Å². The van der Waals surface area contributed by atoms with Crippen LogP contribution in [-0.4, -0.2) is 19.2 Å². The minimum absolute atomic E-state index is 0.199. The number of ether oxygens (including phenoxy) is 2. The second-order valence-electron chi connectivity index (χ2n) is 6.97. The van der Waals surface area contributed by atoms with Crippen LogP contribution in [-0.2, 0) is 16.1 Å². The molecule has 0 radical (unpaired) electrons. The fourth-order valence-corrected chi connectivity index (χ4v) is 3.03. The zero-order chi connectivity index (χ0) is 19.8. The van der Waals surface area contributed by atoms with Crippen LogP contribution in [0.15, 0.2) is 67.0 Å². The van der Waals surface area contributed by atoms with Gasteiger partial charge in [-0.05, 0) is 41.8 Å². The summed E-state index contributed by atoms with van der Waals surface area (Å²) in [5, 5.41) is 2.21. The van der Waals surface area contributed by atoms with E-state index in [2.05, 4.69) is 19.1 Å². The first-order chi connectivity index (χ1) is 13.7. The lowest BCUT2D eigenvalue weighted by Crippen LogP contribution is -2.35. The third-order valence-corrected chi connectivity index (χ3v) is 4.83. The molecule has 2 aromatic carbocycles. The number of fused-ring (bicyclic) bond motifs is 1. The van der Waals surface area contributed by atoms with Crippen molar-refractivity contribution in [3.8, 4) is 5.75 Å². The molecule has 0 amide bonds. The Hall–Kier alpha value is -2.88. The molecule has 4 nitrogen and oxygen atoms in total. The molecule has 1 atom stereocenters. The van der Waals surface area contributed by atoms with Gasteiger partial charge in [-0.3, -0.25) is 4.79 Å². The molecule has 146 valence electrons. The minimum atomic E-state index is -0.300. The van der Waals surface area contributed by atoms with Gasteiger partial charge in [0.2, 0.25) is 0 Å². The van der Waals surface area contributed by atoms with Gasteiger partial charge in [0, 0.05) is 12.1 Å². The van der Waals surface area contributed by atoms with Crippen LogP contribution in [0.3, 0.4) is 0 Å². The van der Waals surface area contributed by atoms with Gasteiger partial charge in [-0.25, -0.2) is 4.57 Å². The molecule has 0 fully saturated rings. The Morgan fingerprint density at radius 1 is 1.00 bits per heavy atom. The van der Waals surface area contributed by atoms with Crippen molar-refractivity contribution in [1.29, 1.82) is 0 Å². The lowest BCUT2D eigenvalue weighted by Gasteiger charge is -2.13. The van der Waals surface area contributed by atoms with E-state index in [0.29, 0.717) is 13.2 Å². The molecule has 3 aromatic rings. The number of hydrogen-bond donors (Lipinski definition) is 0. The molecule has 0 aliphatic rings. The quantitative estimate of drug-likeness (QED) is 0.309. The minimum Gasteiger partial charge on any atom is -0.494 e. The Balaban J connectivity index is 1.60. The number of esters is 1. The third kappa shape index (κ3) is 5.32. The van der Waals surface area contributed by atoms with Gasteiger partial charge in [0.1, 0.15) is 5.75 Å². The summed E-state index contributed by atoms with van der Waals surface area (Å²) in [6.07, 6.45) is 6.09. The van der Waals surface area contributed by atoms with E-state index in [1.165, 1.54) is 0 Å². The first kappa shape index (κ1) is 19.9. The smallest absolute Gasteiger partial charge is 0.313 e. The summed E-state index contributed by atoms with van der Waals surface area (Å²) in [6, 6.07) is 18.1. The maximum atomic E-state index is 12.4. The molecular weight excluding hydrogens is 350 g/mol. The summed E-state index contributed by atoms with van der Waals surface area (Å²) >= 11 is 0. The highest BCUT2D eigenvalue weighted by Gasteiger charge is 2.17. The number of rotatable bonds is 9. The van der Waals surface area contributed by atoms with Gasteiger partial charge in [-0.15, -0.1) is 0 Å². The number of carbonyl (C=O) groups excluding carboxylic acids is 1. The predicted molar refractivity (Wildman–Crippen MR) is 110 cm³/mol. The number of unbranched alkanes of at least 4 members (excludes halogenated alkanes) is 1. The lowest BCUT2D eigenvalue weighted by atomic mass is 9.98. The molecule has 28 heavy (non-hydrogen) atoms. The average molecular weight is 378 g/mol. The number of hydrogen-bond acceptors (Lipinski definition) is 3. The van der Waals surface area contributed by atoms with E-state index in [4.69, 9.17) is 9.47 Å². The van der Waals surface area contributed by atoms with E-state index >= 15 is 0 Å². The number of pyridine rings is 1. The molecule has 1 heterocycles. The fraction of sp³-hybridized carbons (Fsp3) is 0.333. The topological polar surface area (TPSA) is 39.4 Å². The van der Waals surface area contributed by atoms with Crippen molar-refractivity contribution in [2.75, 3.05) is 13.2 Å². The molecule has 0 aliphatic carbocycles.